The molecule has 1 aromatic carbocycles. The number of ether oxygens (including phenoxy) is 2. The summed E-state index contributed by atoms with van der Waals surface area (Å²) in [4.78, 5) is 27.6. The minimum atomic E-state index is -0.583. The number of nitrogens with zero attached hydrogens (tertiary/aromatic N) is 1. The van der Waals surface area contributed by atoms with Gasteiger partial charge in [0, 0.05) is 11.6 Å². The molecule has 1 saturated heterocycles. The maximum atomic E-state index is 11.8. The van der Waals surface area contributed by atoms with Crippen molar-refractivity contribution in [3.63, 3.8) is 0 Å². The van der Waals surface area contributed by atoms with Crippen molar-refractivity contribution in [1.29, 1.82) is 0 Å². The first-order valence-corrected chi connectivity index (χ1v) is 8.26. The summed E-state index contributed by atoms with van der Waals surface area (Å²) in [5.74, 6) is -0.537. The molecule has 138 valence electrons. The van der Waals surface area contributed by atoms with Crippen LogP contribution in [0.5, 0.6) is 11.6 Å². The van der Waals surface area contributed by atoms with Crippen molar-refractivity contribution in [3.8, 4) is 11.6 Å². The molecule has 0 spiro atoms. The highest BCUT2D eigenvalue weighted by Gasteiger charge is 2.39. The summed E-state index contributed by atoms with van der Waals surface area (Å²) in [6, 6.07) is 4.82. The number of nitrogens with one attached hydrogen (secondary N) is 1. The second-order valence-electron chi connectivity index (χ2n) is 6.33. The highest BCUT2D eigenvalue weighted by Crippen LogP contribution is 2.31. The summed E-state index contributed by atoms with van der Waals surface area (Å²) < 4.78 is 11.1. The van der Waals surface area contributed by atoms with Gasteiger partial charge in [0.05, 0.1) is 31.2 Å². The first-order valence-electron chi connectivity index (χ1n) is 8.26. The Kier molecular flexibility index (Phi) is 4.94. The average molecular weight is 359 g/mol. The first kappa shape index (κ1) is 17.9. The van der Waals surface area contributed by atoms with Gasteiger partial charge in [-0.05, 0) is 29.5 Å². The number of primary amides is 1. The second kappa shape index (κ2) is 7.17. The van der Waals surface area contributed by atoms with Crippen LogP contribution < -0.4 is 20.5 Å². The molecule has 0 aliphatic carbocycles. The topological polar surface area (TPSA) is 124 Å². The van der Waals surface area contributed by atoms with Crippen LogP contribution in [0.1, 0.15) is 17.3 Å². The molecule has 1 fully saturated rings. The summed E-state index contributed by atoms with van der Waals surface area (Å²) in [6.45, 7) is 1.92. The molecule has 8 nitrogen and oxygen atoms in total. The standard InChI is InChI=1S/C18H21N3O5/c1-9-13(7-22)17(24)21-14(9)8-26-18-11-6-15(25-2)12(16(19)23)5-10(11)3-4-20-18/h3-6,9,13-14,22H,7-8H2,1-2H3,(H2,19,23)(H,21,24)/t9-,13+,14-/m1/s1. The van der Waals surface area contributed by atoms with E-state index in [0.29, 0.717) is 17.0 Å². The lowest BCUT2D eigenvalue weighted by Gasteiger charge is -2.18. The number of hydrogen-bond donors (Lipinski definition) is 3. The van der Waals surface area contributed by atoms with E-state index >= 15 is 0 Å². The van der Waals surface area contributed by atoms with Gasteiger partial charge in [-0.3, -0.25) is 9.59 Å². The fourth-order valence-electron chi connectivity index (χ4n) is 3.20. The van der Waals surface area contributed by atoms with Gasteiger partial charge in [0.15, 0.2) is 0 Å². The van der Waals surface area contributed by atoms with Crippen LogP contribution in [0.2, 0.25) is 0 Å². The number of nitrogens with two attached hydrogens (primary N) is 1. The molecule has 4 N–H and O–H groups in total. The summed E-state index contributed by atoms with van der Waals surface area (Å²) in [6.07, 6.45) is 1.57. The summed E-state index contributed by atoms with van der Waals surface area (Å²) in [5, 5.41) is 13.6. The van der Waals surface area contributed by atoms with Crippen molar-refractivity contribution in [2.24, 2.45) is 17.6 Å². The fraction of sp³-hybridized carbons (Fsp3) is 0.389. The highest BCUT2D eigenvalue weighted by atomic mass is 16.5. The molecular weight excluding hydrogens is 338 g/mol. The van der Waals surface area contributed by atoms with Gasteiger partial charge in [-0.1, -0.05) is 6.92 Å². The van der Waals surface area contributed by atoms with Gasteiger partial charge >= 0.3 is 0 Å². The Morgan fingerprint density at radius 2 is 2.19 bits per heavy atom. The molecule has 1 aliphatic rings. The van der Waals surface area contributed by atoms with Crippen LogP contribution in [-0.2, 0) is 4.79 Å². The molecule has 8 heteroatoms. The van der Waals surface area contributed by atoms with E-state index in [1.165, 1.54) is 7.11 Å². The molecule has 2 aromatic rings. The SMILES string of the molecule is COc1cc2c(OC[C@H]3NC(=O)[C@@H](CO)[C@H]3C)nccc2cc1C(N)=O. The van der Waals surface area contributed by atoms with Crippen LogP contribution in [0.3, 0.4) is 0 Å². The van der Waals surface area contributed by atoms with Crippen LogP contribution >= 0.6 is 0 Å². The number of fused-ring (bicyclic) bond motifs is 1. The Labute approximate surface area is 150 Å². The number of aromatic nitrogens is 1. The number of aliphatic hydroxyl groups is 1. The van der Waals surface area contributed by atoms with Gasteiger partial charge in [-0.15, -0.1) is 0 Å². The van der Waals surface area contributed by atoms with Crippen molar-refractivity contribution >= 4 is 22.6 Å². The smallest absolute Gasteiger partial charge is 0.252 e. The monoisotopic (exact) mass is 359 g/mol. The van der Waals surface area contributed by atoms with E-state index in [-0.39, 0.29) is 36.6 Å². The molecule has 2 heterocycles. The quantitative estimate of drug-likeness (QED) is 0.688. The molecule has 0 bridgehead atoms. The van der Waals surface area contributed by atoms with E-state index in [2.05, 4.69) is 10.3 Å². The van der Waals surface area contributed by atoms with E-state index in [4.69, 9.17) is 15.2 Å². The molecule has 2 amide bonds. The fourth-order valence-corrected chi connectivity index (χ4v) is 3.20. The summed E-state index contributed by atoms with van der Waals surface area (Å²) in [5.41, 5.74) is 5.67. The molecule has 3 atom stereocenters. The number of amides is 2. The summed E-state index contributed by atoms with van der Waals surface area (Å²) >= 11 is 0. The minimum absolute atomic E-state index is 0.0570. The molecular formula is C18H21N3O5. The lowest BCUT2D eigenvalue weighted by atomic mass is 9.93. The van der Waals surface area contributed by atoms with Crippen LogP contribution in [0.25, 0.3) is 10.8 Å². The largest absolute Gasteiger partial charge is 0.496 e. The highest BCUT2D eigenvalue weighted by molar-refractivity contribution is 6.01. The number of rotatable bonds is 6. The van der Waals surface area contributed by atoms with Gasteiger partial charge in [-0.2, -0.15) is 0 Å². The average Bonchev–Trinajstić information content (AvgIpc) is 2.91. The number of carbonyl (C=O) groups is 2. The van der Waals surface area contributed by atoms with Gasteiger partial charge in [0.25, 0.3) is 5.91 Å². The van der Waals surface area contributed by atoms with E-state index in [9.17, 15) is 14.7 Å². The normalized spacial score (nSPS) is 22.3. The van der Waals surface area contributed by atoms with Crippen molar-refractivity contribution in [2.45, 2.75) is 13.0 Å². The Morgan fingerprint density at radius 3 is 2.81 bits per heavy atom. The van der Waals surface area contributed by atoms with Crippen LogP contribution in [0, 0.1) is 11.8 Å². The number of carbonyl (C=O) groups excluding carboxylic acids is 2. The Bertz CT molecular complexity index is 854. The zero-order valence-corrected chi connectivity index (χ0v) is 14.6. The molecule has 1 aliphatic heterocycles. The molecule has 26 heavy (non-hydrogen) atoms. The Morgan fingerprint density at radius 1 is 1.42 bits per heavy atom. The summed E-state index contributed by atoms with van der Waals surface area (Å²) in [7, 11) is 1.45. The lowest BCUT2D eigenvalue weighted by Crippen LogP contribution is -2.34. The molecule has 0 radical (unpaired) electrons. The van der Waals surface area contributed by atoms with Crippen molar-refractivity contribution in [3.05, 3.63) is 30.0 Å². The molecule has 1 aromatic heterocycles. The lowest BCUT2D eigenvalue weighted by molar-refractivity contribution is -0.124. The third-order valence-electron chi connectivity index (χ3n) is 4.84. The number of benzene rings is 1. The second-order valence-corrected chi connectivity index (χ2v) is 6.33. The van der Waals surface area contributed by atoms with Gasteiger partial charge < -0.3 is 25.6 Å². The number of hydrogen-bond acceptors (Lipinski definition) is 6. The van der Waals surface area contributed by atoms with Crippen molar-refractivity contribution in [2.75, 3.05) is 20.3 Å². The predicted molar refractivity (Wildman–Crippen MR) is 94.0 cm³/mol. The zero-order chi connectivity index (χ0) is 18.8. The molecule has 0 unspecified atom stereocenters. The van der Waals surface area contributed by atoms with Gasteiger partial charge in [0.1, 0.15) is 12.4 Å². The Balaban J connectivity index is 1.87. The van der Waals surface area contributed by atoms with Gasteiger partial charge in [-0.25, -0.2) is 4.98 Å². The predicted octanol–water partition coefficient (Wildman–Crippen LogP) is 0.464. The third kappa shape index (κ3) is 3.15. The van der Waals surface area contributed by atoms with Crippen LogP contribution in [0.4, 0.5) is 0 Å². The number of methoxy groups -OCH3 is 1. The van der Waals surface area contributed by atoms with E-state index < -0.39 is 11.8 Å². The molecule has 0 saturated carbocycles. The maximum absolute atomic E-state index is 11.8. The van der Waals surface area contributed by atoms with Crippen molar-refractivity contribution in [1.82, 2.24) is 10.3 Å². The van der Waals surface area contributed by atoms with Crippen LogP contribution in [0.15, 0.2) is 24.4 Å². The van der Waals surface area contributed by atoms with E-state index in [1.54, 1.807) is 24.4 Å². The maximum Gasteiger partial charge on any atom is 0.252 e. The van der Waals surface area contributed by atoms with Gasteiger partial charge in [0.2, 0.25) is 11.8 Å². The van der Waals surface area contributed by atoms with Crippen molar-refractivity contribution < 1.29 is 24.2 Å². The van der Waals surface area contributed by atoms with E-state index in [0.717, 1.165) is 5.39 Å². The first-order chi connectivity index (χ1) is 12.5. The Hall–Kier alpha value is -2.87. The zero-order valence-electron chi connectivity index (χ0n) is 14.6. The molecule has 3 rings (SSSR count). The number of pyridine rings is 1. The third-order valence-corrected chi connectivity index (χ3v) is 4.84. The number of aliphatic hydroxyl groups excluding tert-OH is 1. The van der Waals surface area contributed by atoms with E-state index in [1.807, 2.05) is 6.92 Å². The minimum Gasteiger partial charge on any atom is -0.496 e. The van der Waals surface area contributed by atoms with Crippen LogP contribution in [-0.4, -0.2) is 48.3 Å².